The fraction of sp³-hybridized carbons (Fsp3) is 0.929. The highest BCUT2D eigenvalue weighted by Crippen LogP contribution is 2.20. The number of carbonyl (C=O) groups is 1. The van der Waals surface area contributed by atoms with E-state index in [-0.39, 0.29) is 11.6 Å². The van der Waals surface area contributed by atoms with Crippen LogP contribution in [-0.2, 0) is 4.74 Å². The molecule has 1 fully saturated rings. The van der Waals surface area contributed by atoms with E-state index in [0.717, 1.165) is 6.54 Å². The maximum atomic E-state index is 12.2. The molecule has 18 heavy (non-hydrogen) atoms. The first-order chi connectivity index (χ1) is 8.09. The number of hydrogen-bond donors (Lipinski definition) is 1. The predicted molar refractivity (Wildman–Crippen MR) is 73.7 cm³/mol. The van der Waals surface area contributed by atoms with E-state index in [1.807, 2.05) is 41.5 Å². The zero-order valence-corrected chi connectivity index (χ0v) is 12.7. The Morgan fingerprint density at radius 1 is 1.22 bits per heavy atom. The second kappa shape index (κ2) is 5.47. The Morgan fingerprint density at radius 3 is 2.17 bits per heavy atom. The molecule has 0 radical (unpaired) electrons. The van der Waals surface area contributed by atoms with Crippen LogP contribution >= 0.6 is 0 Å². The first-order valence-corrected chi connectivity index (χ1v) is 6.83. The van der Waals surface area contributed by atoms with E-state index in [1.165, 1.54) is 12.8 Å². The summed E-state index contributed by atoms with van der Waals surface area (Å²) in [7, 11) is 0. The smallest absolute Gasteiger partial charge is 0.410 e. The number of carbonyl (C=O) groups excluding carboxylic acids is 1. The molecule has 1 aliphatic rings. The summed E-state index contributed by atoms with van der Waals surface area (Å²) in [6.45, 7) is 13.3. The molecule has 1 amide bonds. The molecule has 0 aliphatic heterocycles. The molecule has 0 aromatic rings. The minimum Gasteiger partial charge on any atom is -0.444 e. The molecule has 106 valence electrons. The quantitative estimate of drug-likeness (QED) is 0.841. The SMILES string of the molecule is CC(C)(C)OC(=O)N(CCNC1CC1)C(C)(C)C. The van der Waals surface area contributed by atoms with Crippen molar-refractivity contribution in [1.29, 1.82) is 0 Å². The number of ether oxygens (including phenoxy) is 1. The third-order valence-corrected chi connectivity index (χ3v) is 2.77. The van der Waals surface area contributed by atoms with Crippen molar-refractivity contribution in [3.05, 3.63) is 0 Å². The summed E-state index contributed by atoms with van der Waals surface area (Å²) >= 11 is 0. The van der Waals surface area contributed by atoms with Gasteiger partial charge < -0.3 is 15.0 Å². The van der Waals surface area contributed by atoms with Crippen LogP contribution in [0.4, 0.5) is 4.79 Å². The van der Waals surface area contributed by atoms with Crippen molar-refractivity contribution in [2.45, 2.75) is 71.6 Å². The van der Waals surface area contributed by atoms with Crippen LogP contribution in [0.5, 0.6) is 0 Å². The Balaban J connectivity index is 2.50. The average Bonchev–Trinajstić information content (AvgIpc) is 2.90. The standard InChI is InChI=1S/C14H28N2O2/c1-13(2,3)16(10-9-15-11-7-8-11)12(17)18-14(4,5)6/h11,15H,7-10H2,1-6H3. The number of rotatable bonds is 4. The molecule has 0 saturated heterocycles. The molecule has 4 nitrogen and oxygen atoms in total. The van der Waals surface area contributed by atoms with Gasteiger partial charge in [0.05, 0.1) is 0 Å². The van der Waals surface area contributed by atoms with Crippen LogP contribution in [0.25, 0.3) is 0 Å². The van der Waals surface area contributed by atoms with Gasteiger partial charge in [-0.15, -0.1) is 0 Å². The highest BCUT2D eigenvalue weighted by atomic mass is 16.6. The summed E-state index contributed by atoms with van der Waals surface area (Å²) in [5.74, 6) is 0. The van der Waals surface area contributed by atoms with E-state index in [1.54, 1.807) is 4.90 Å². The van der Waals surface area contributed by atoms with Gasteiger partial charge in [-0.2, -0.15) is 0 Å². The largest absolute Gasteiger partial charge is 0.444 e. The molecular weight excluding hydrogens is 228 g/mol. The van der Waals surface area contributed by atoms with Gasteiger partial charge in [-0.3, -0.25) is 0 Å². The van der Waals surface area contributed by atoms with Gasteiger partial charge in [0.1, 0.15) is 5.60 Å². The normalized spacial score (nSPS) is 16.6. The lowest BCUT2D eigenvalue weighted by molar-refractivity contribution is 0.00662. The molecule has 0 bridgehead atoms. The molecule has 1 aliphatic carbocycles. The van der Waals surface area contributed by atoms with Gasteiger partial charge >= 0.3 is 6.09 Å². The van der Waals surface area contributed by atoms with Crippen LogP contribution < -0.4 is 5.32 Å². The molecule has 1 N–H and O–H groups in total. The Hall–Kier alpha value is -0.770. The van der Waals surface area contributed by atoms with Crippen molar-refractivity contribution in [1.82, 2.24) is 10.2 Å². The second-order valence-electron chi connectivity index (χ2n) is 7.03. The van der Waals surface area contributed by atoms with E-state index >= 15 is 0 Å². The zero-order valence-electron chi connectivity index (χ0n) is 12.7. The Labute approximate surface area is 111 Å². The van der Waals surface area contributed by atoms with Gasteiger partial charge in [0.2, 0.25) is 0 Å². The molecule has 0 spiro atoms. The highest BCUT2D eigenvalue weighted by Gasteiger charge is 2.30. The van der Waals surface area contributed by atoms with Crippen molar-refractivity contribution in [2.24, 2.45) is 0 Å². The van der Waals surface area contributed by atoms with Gasteiger partial charge in [-0.25, -0.2) is 4.79 Å². The van der Waals surface area contributed by atoms with Gasteiger partial charge in [0, 0.05) is 24.7 Å². The van der Waals surface area contributed by atoms with E-state index in [9.17, 15) is 4.79 Å². The van der Waals surface area contributed by atoms with E-state index in [0.29, 0.717) is 12.6 Å². The molecule has 0 unspecified atom stereocenters. The minimum absolute atomic E-state index is 0.215. The Morgan fingerprint density at radius 2 is 1.78 bits per heavy atom. The predicted octanol–water partition coefficient (Wildman–Crippen LogP) is 2.77. The van der Waals surface area contributed by atoms with Crippen LogP contribution in [-0.4, -0.2) is 41.3 Å². The van der Waals surface area contributed by atoms with E-state index in [4.69, 9.17) is 4.74 Å². The summed E-state index contributed by atoms with van der Waals surface area (Å²) in [6.07, 6.45) is 2.30. The molecular formula is C14H28N2O2. The summed E-state index contributed by atoms with van der Waals surface area (Å²) in [5.41, 5.74) is -0.655. The summed E-state index contributed by atoms with van der Waals surface area (Å²) in [5, 5.41) is 3.43. The zero-order chi connectivity index (χ0) is 14.0. The summed E-state index contributed by atoms with van der Waals surface area (Å²) in [6, 6.07) is 0.672. The van der Waals surface area contributed by atoms with Gasteiger partial charge in [0.25, 0.3) is 0 Å². The molecule has 1 saturated carbocycles. The molecule has 0 heterocycles. The number of amides is 1. The summed E-state index contributed by atoms with van der Waals surface area (Å²) in [4.78, 5) is 14.0. The fourth-order valence-electron chi connectivity index (χ4n) is 1.69. The second-order valence-corrected chi connectivity index (χ2v) is 7.03. The van der Waals surface area contributed by atoms with Crippen molar-refractivity contribution in [2.75, 3.05) is 13.1 Å². The van der Waals surface area contributed by atoms with E-state index < -0.39 is 5.60 Å². The van der Waals surface area contributed by atoms with Crippen LogP contribution in [0.1, 0.15) is 54.4 Å². The fourth-order valence-corrected chi connectivity index (χ4v) is 1.69. The summed E-state index contributed by atoms with van der Waals surface area (Å²) < 4.78 is 5.46. The first kappa shape index (κ1) is 15.3. The number of hydrogen-bond acceptors (Lipinski definition) is 3. The number of nitrogens with one attached hydrogen (secondary N) is 1. The van der Waals surface area contributed by atoms with Crippen LogP contribution in [0, 0.1) is 0 Å². The monoisotopic (exact) mass is 256 g/mol. The third-order valence-electron chi connectivity index (χ3n) is 2.77. The van der Waals surface area contributed by atoms with Gasteiger partial charge in [-0.1, -0.05) is 0 Å². The third kappa shape index (κ3) is 5.71. The highest BCUT2D eigenvalue weighted by molar-refractivity contribution is 5.69. The van der Waals surface area contributed by atoms with Crippen LogP contribution in [0.2, 0.25) is 0 Å². The van der Waals surface area contributed by atoms with E-state index in [2.05, 4.69) is 5.32 Å². The van der Waals surface area contributed by atoms with Crippen molar-refractivity contribution in [3.63, 3.8) is 0 Å². The maximum absolute atomic E-state index is 12.2. The molecule has 0 atom stereocenters. The van der Waals surface area contributed by atoms with Crippen LogP contribution in [0.15, 0.2) is 0 Å². The Bertz CT molecular complexity index is 285. The van der Waals surface area contributed by atoms with Crippen molar-refractivity contribution < 1.29 is 9.53 Å². The van der Waals surface area contributed by atoms with Crippen molar-refractivity contribution in [3.8, 4) is 0 Å². The van der Waals surface area contributed by atoms with Gasteiger partial charge in [0.15, 0.2) is 0 Å². The molecule has 4 heteroatoms. The minimum atomic E-state index is -0.440. The lowest BCUT2D eigenvalue weighted by Gasteiger charge is -2.37. The van der Waals surface area contributed by atoms with Gasteiger partial charge in [-0.05, 0) is 54.4 Å². The lowest BCUT2D eigenvalue weighted by atomic mass is 10.1. The van der Waals surface area contributed by atoms with Crippen LogP contribution in [0.3, 0.4) is 0 Å². The molecule has 1 rings (SSSR count). The van der Waals surface area contributed by atoms with Crippen molar-refractivity contribution >= 4 is 6.09 Å². The molecule has 0 aromatic heterocycles. The Kier molecular flexibility index (Phi) is 4.65. The first-order valence-electron chi connectivity index (χ1n) is 6.83. The average molecular weight is 256 g/mol. The molecule has 0 aromatic carbocycles. The maximum Gasteiger partial charge on any atom is 0.410 e. The topological polar surface area (TPSA) is 41.6 Å². The lowest BCUT2D eigenvalue weighted by Crippen LogP contribution is -2.50. The number of nitrogens with zero attached hydrogens (tertiary/aromatic N) is 1.